The molecule has 0 aliphatic heterocycles. The number of rotatable bonds is 3. The van der Waals surface area contributed by atoms with Gasteiger partial charge in [-0.2, -0.15) is 0 Å². The van der Waals surface area contributed by atoms with Gasteiger partial charge in [-0.05, 0) is 48.2 Å². The Hall–Kier alpha value is -1.87. The molecule has 0 heterocycles. The van der Waals surface area contributed by atoms with Crippen LogP contribution in [0.1, 0.15) is 18.1 Å². The molecule has 0 saturated heterocycles. The zero-order valence-electron chi connectivity index (χ0n) is 11.9. The van der Waals surface area contributed by atoms with Crippen LogP contribution in [-0.2, 0) is 9.84 Å². The van der Waals surface area contributed by atoms with Gasteiger partial charge >= 0.3 is 0 Å². The highest BCUT2D eigenvalue weighted by Crippen LogP contribution is 2.26. The van der Waals surface area contributed by atoms with Crippen molar-refractivity contribution in [3.05, 3.63) is 59.7 Å². The monoisotopic (exact) mass is 286 g/mol. The fourth-order valence-corrected chi connectivity index (χ4v) is 2.87. The molecule has 0 bridgehead atoms. The highest BCUT2D eigenvalue weighted by molar-refractivity contribution is 7.90. The summed E-state index contributed by atoms with van der Waals surface area (Å²) in [5.41, 5.74) is 4.26. The van der Waals surface area contributed by atoms with E-state index < -0.39 is 9.84 Å². The number of allylic oxidation sites excluding steroid dienone is 1. The molecular weight excluding hydrogens is 268 g/mol. The van der Waals surface area contributed by atoms with Crippen LogP contribution in [0.15, 0.2) is 53.4 Å². The number of hydrogen-bond acceptors (Lipinski definition) is 2. The Labute approximate surface area is 120 Å². The molecule has 0 amide bonds. The van der Waals surface area contributed by atoms with E-state index in [1.54, 1.807) is 18.2 Å². The van der Waals surface area contributed by atoms with Gasteiger partial charge in [-0.3, -0.25) is 0 Å². The van der Waals surface area contributed by atoms with E-state index in [0.717, 1.165) is 22.3 Å². The van der Waals surface area contributed by atoms with Gasteiger partial charge in [0.15, 0.2) is 9.84 Å². The maximum Gasteiger partial charge on any atom is 0.175 e. The average Bonchev–Trinajstić information content (AvgIpc) is 2.38. The van der Waals surface area contributed by atoms with Gasteiger partial charge in [0.2, 0.25) is 0 Å². The Kier molecular flexibility index (Phi) is 4.09. The first-order valence-corrected chi connectivity index (χ1v) is 8.35. The van der Waals surface area contributed by atoms with E-state index in [-0.39, 0.29) is 0 Å². The van der Waals surface area contributed by atoms with Crippen molar-refractivity contribution in [2.45, 2.75) is 18.7 Å². The average molecular weight is 286 g/mol. The second-order valence-electron chi connectivity index (χ2n) is 4.87. The Morgan fingerprint density at radius 3 is 2.40 bits per heavy atom. The fraction of sp³-hybridized carbons (Fsp3) is 0.176. The van der Waals surface area contributed by atoms with Crippen molar-refractivity contribution in [1.82, 2.24) is 0 Å². The van der Waals surface area contributed by atoms with Crippen LogP contribution in [0.5, 0.6) is 0 Å². The predicted molar refractivity (Wildman–Crippen MR) is 84.4 cm³/mol. The minimum atomic E-state index is -3.17. The molecule has 0 aliphatic carbocycles. The van der Waals surface area contributed by atoms with E-state index in [2.05, 4.69) is 6.07 Å². The van der Waals surface area contributed by atoms with E-state index >= 15 is 0 Å². The molecule has 0 radical (unpaired) electrons. The third-order valence-electron chi connectivity index (χ3n) is 3.18. The minimum absolute atomic E-state index is 0.354. The van der Waals surface area contributed by atoms with E-state index in [1.165, 1.54) is 6.26 Å². The van der Waals surface area contributed by atoms with Crippen LogP contribution >= 0.6 is 0 Å². The van der Waals surface area contributed by atoms with Gasteiger partial charge in [0.1, 0.15) is 0 Å². The highest BCUT2D eigenvalue weighted by Gasteiger charge is 2.09. The fourth-order valence-electron chi connectivity index (χ4n) is 2.20. The molecular formula is C17H18O2S. The molecule has 0 fully saturated rings. The summed E-state index contributed by atoms with van der Waals surface area (Å²) in [5.74, 6) is 0. The van der Waals surface area contributed by atoms with Crippen molar-refractivity contribution in [3.8, 4) is 11.1 Å². The maximum absolute atomic E-state index is 11.6. The summed E-state index contributed by atoms with van der Waals surface area (Å²) in [7, 11) is -3.17. The number of benzene rings is 2. The number of aryl methyl sites for hydroxylation is 1. The van der Waals surface area contributed by atoms with Gasteiger partial charge in [-0.1, -0.05) is 42.5 Å². The number of sulfone groups is 1. The predicted octanol–water partition coefficient (Wildman–Crippen LogP) is 4.10. The molecule has 0 aromatic heterocycles. The Bertz CT molecular complexity index is 756. The highest BCUT2D eigenvalue weighted by atomic mass is 32.2. The van der Waals surface area contributed by atoms with Crippen molar-refractivity contribution in [2.24, 2.45) is 0 Å². The molecule has 2 aromatic rings. The first-order chi connectivity index (χ1) is 9.41. The third kappa shape index (κ3) is 3.17. The molecule has 20 heavy (non-hydrogen) atoms. The van der Waals surface area contributed by atoms with E-state index in [4.69, 9.17) is 0 Å². The lowest BCUT2D eigenvalue weighted by molar-refractivity contribution is 0.602. The van der Waals surface area contributed by atoms with Gasteiger partial charge in [0.25, 0.3) is 0 Å². The van der Waals surface area contributed by atoms with Crippen LogP contribution in [0, 0.1) is 6.92 Å². The van der Waals surface area contributed by atoms with Gasteiger partial charge in [0.05, 0.1) is 4.90 Å². The summed E-state index contributed by atoms with van der Waals surface area (Å²) in [6, 6.07) is 13.2. The molecule has 2 aromatic carbocycles. The molecule has 3 heteroatoms. The minimum Gasteiger partial charge on any atom is -0.224 e. The maximum atomic E-state index is 11.6. The SMILES string of the molecule is CC=Cc1ccc(-c2cccc(S(C)(=O)=O)c2)c(C)c1. The molecule has 0 atom stereocenters. The molecule has 2 rings (SSSR count). The lowest BCUT2D eigenvalue weighted by Crippen LogP contribution is -1.97. The van der Waals surface area contributed by atoms with Gasteiger partial charge < -0.3 is 0 Å². The van der Waals surface area contributed by atoms with Crippen molar-refractivity contribution < 1.29 is 8.42 Å². The first-order valence-electron chi connectivity index (χ1n) is 6.45. The molecule has 0 aliphatic rings. The summed E-state index contributed by atoms with van der Waals surface area (Å²) in [4.78, 5) is 0.354. The third-order valence-corrected chi connectivity index (χ3v) is 4.29. The topological polar surface area (TPSA) is 34.1 Å². The standard InChI is InChI=1S/C17H18O2S/c1-4-6-14-9-10-17(13(2)11-14)15-7-5-8-16(12-15)20(3,18)19/h4-12H,1-3H3. The quantitative estimate of drug-likeness (QED) is 0.851. The molecule has 104 valence electrons. The zero-order valence-corrected chi connectivity index (χ0v) is 12.7. The van der Waals surface area contributed by atoms with Crippen LogP contribution in [-0.4, -0.2) is 14.7 Å². The molecule has 2 nitrogen and oxygen atoms in total. The Morgan fingerprint density at radius 1 is 1.05 bits per heavy atom. The Morgan fingerprint density at radius 2 is 1.80 bits per heavy atom. The second-order valence-corrected chi connectivity index (χ2v) is 6.89. The van der Waals surface area contributed by atoms with Crippen LogP contribution in [0.3, 0.4) is 0 Å². The second kappa shape index (κ2) is 5.63. The van der Waals surface area contributed by atoms with E-state index in [0.29, 0.717) is 4.90 Å². The summed E-state index contributed by atoms with van der Waals surface area (Å²) in [6.07, 6.45) is 5.27. The lowest BCUT2D eigenvalue weighted by atomic mass is 9.98. The summed E-state index contributed by atoms with van der Waals surface area (Å²) >= 11 is 0. The van der Waals surface area contributed by atoms with Gasteiger partial charge in [-0.25, -0.2) is 8.42 Å². The van der Waals surface area contributed by atoms with E-state index in [1.807, 2.05) is 44.2 Å². The number of hydrogen-bond donors (Lipinski definition) is 0. The van der Waals surface area contributed by atoms with Crippen LogP contribution in [0.2, 0.25) is 0 Å². The van der Waals surface area contributed by atoms with Gasteiger partial charge in [-0.15, -0.1) is 0 Å². The van der Waals surface area contributed by atoms with Crippen LogP contribution in [0.4, 0.5) is 0 Å². The summed E-state index contributed by atoms with van der Waals surface area (Å²) < 4.78 is 23.3. The van der Waals surface area contributed by atoms with Gasteiger partial charge in [0, 0.05) is 6.26 Å². The normalized spacial score (nSPS) is 11.9. The molecule has 0 N–H and O–H groups in total. The van der Waals surface area contributed by atoms with Crippen LogP contribution in [0.25, 0.3) is 17.2 Å². The summed E-state index contributed by atoms with van der Waals surface area (Å²) in [6.45, 7) is 4.02. The van der Waals surface area contributed by atoms with Crippen molar-refractivity contribution in [3.63, 3.8) is 0 Å². The Balaban J connectivity index is 2.52. The van der Waals surface area contributed by atoms with Crippen molar-refractivity contribution >= 4 is 15.9 Å². The first kappa shape index (κ1) is 14.5. The van der Waals surface area contributed by atoms with E-state index in [9.17, 15) is 8.42 Å². The zero-order chi connectivity index (χ0) is 14.8. The molecule has 0 spiro atoms. The van der Waals surface area contributed by atoms with Crippen LogP contribution < -0.4 is 0 Å². The smallest absolute Gasteiger partial charge is 0.175 e. The molecule has 0 saturated carbocycles. The largest absolute Gasteiger partial charge is 0.224 e. The molecule has 0 unspecified atom stereocenters. The lowest BCUT2D eigenvalue weighted by Gasteiger charge is -2.09. The van der Waals surface area contributed by atoms with Crippen molar-refractivity contribution in [1.29, 1.82) is 0 Å². The van der Waals surface area contributed by atoms with Crippen molar-refractivity contribution in [2.75, 3.05) is 6.26 Å². The summed E-state index contributed by atoms with van der Waals surface area (Å²) in [5, 5.41) is 0.